The SMILES string of the molecule is COc1c(C(N)=O)ccc(-c2c(Cl)cc(C(F)(C(F)(F)F)C(F)(F)C(F)(F)F)cc2Cl)c1NC(=O)c1ccc(C#N)cc1C. The molecule has 0 heterocycles. The van der Waals surface area contributed by atoms with Crippen molar-refractivity contribution in [2.45, 2.75) is 30.9 Å². The molecule has 1 atom stereocenters. The van der Waals surface area contributed by atoms with Crippen LogP contribution in [0.3, 0.4) is 0 Å². The summed E-state index contributed by atoms with van der Waals surface area (Å²) in [7, 11) is 1.03. The van der Waals surface area contributed by atoms with Crippen molar-refractivity contribution in [3.8, 4) is 22.9 Å². The number of alkyl halides is 9. The number of anilines is 1. The Morgan fingerprint density at radius 3 is 1.86 bits per heavy atom. The minimum absolute atomic E-state index is 0.0178. The van der Waals surface area contributed by atoms with Crippen LogP contribution in [0.4, 0.5) is 45.2 Å². The van der Waals surface area contributed by atoms with Crippen LogP contribution in [0.5, 0.6) is 5.75 Å². The van der Waals surface area contributed by atoms with Crippen molar-refractivity contribution >= 4 is 40.7 Å². The fraction of sp³-hybridized carbons (Fsp3) is 0.222. The number of ether oxygens (including phenoxy) is 1. The first kappa shape index (κ1) is 34.3. The Balaban J connectivity index is 2.33. The van der Waals surface area contributed by atoms with Crippen molar-refractivity contribution in [1.82, 2.24) is 0 Å². The number of hydrogen-bond donors (Lipinski definition) is 2. The van der Waals surface area contributed by atoms with Gasteiger partial charge in [-0.2, -0.15) is 40.4 Å². The van der Waals surface area contributed by atoms with Crippen molar-refractivity contribution in [2.75, 3.05) is 12.4 Å². The molecule has 2 amide bonds. The number of hydrogen-bond acceptors (Lipinski definition) is 4. The normalized spacial score (nSPS) is 13.5. The van der Waals surface area contributed by atoms with Gasteiger partial charge < -0.3 is 15.8 Å². The van der Waals surface area contributed by atoms with E-state index in [4.69, 9.17) is 38.9 Å². The third-order valence-corrected chi connectivity index (χ3v) is 6.95. The Bertz CT molecular complexity index is 1680. The van der Waals surface area contributed by atoms with Gasteiger partial charge in [0.25, 0.3) is 11.8 Å². The van der Waals surface area contributed by atoms with E-state index in [-0.39, 0.29) is 34.4 Å². The second-order valence-electron chi connectivity index (χ2n) is 9.07. The largest absolute Gasteiger partial charge is 0.494 e. The van der Waals surface area contributed by atoms with Crippen LogP contribution in [0.1, 0.15) is 37.4 Å². The monoisotopic (exact) mass is 671 g/mol. The number of methoxy groups -OCH3 is 1. The number of rotatable bonds is 7. The van der Waals surface area contributed by atoms with E-state index in [1.807, 2.05) is 6.07 Å². The zero-order valence-corrected chi connectivity index (χ0v) is 23.5. The highest BCUT2D eigenvalue weighted by Crippen LogP contribution is 2.59. The van der Waals surface area contributed by atoms with Crippen LogP contribution in [-0.4, -0.2) is 37.2 Å². The number of carbonyl (C=O) groups is 2. The predicted molar refractivity (Wildman–Crippen MR) is 141 cm³/mol. The first-order chi connectivity index (χ1) is 20.1. The smallest absolute Gasteiger partial charge is 0.457 e. The van der Waals surface area contributed by atoms with Crippen molar-refractivity contribution in [1.29, 1.82) is 5.26 Å². The summed E-state index contributed by atoms with van der Waals surface area (Å²) in [5, 5.41) is 9.34. The van der Waals surface area contributed by atoms with E-state index in [0.717, 1.165) is 19.2 Å². The number of halogens is 11. The summed E-state index contributed by atoms with van der Waals surface area (Å²) in [5.41, 5.74) is -4.50. The van der Waals surface area contributed by atoms with Crippen molar-refractivity contribution in [2.24, 2.45) is 5.73 Å². The quantitative estimate of drug-likeness (QED) is 0.248. The lowest BCUT2D eigenvalue weighted by atomic mass is 9.86. The lowest BCUT2D eigenvalue weighted by Crippen LogP contribution is -2.59. The van der Waals surface area contributed by atoms with E-state index in [2.05, 4.69) is 5.32 Å². The summed E-state index contributed by atoms with van der Waals surface area (Å²) in [5.74, 6) is -9.42. The molecule has 3 aromatic carbocycles. The summed E-state index contributed by atoms with van der Waals surface area (Å²) in [4.78, 5) is 25.3. The number of nitrogens with two attached hydrogens (primary N) is 1. The average molecular weight is 672 g/mol. The van der Waals surface area contributed by atoms with E-state index in [9.17, 15) is 44.7 Å². The van der Waals surface area contributed by atoms with Crippen molar-refractivity contribution in [3.63, 3.8) is 0 Å². The van der Waals surface area contributed by atoms with Crippen molar-refractivity contribution < 1.29 is 53.8 Å². The summed E-state index contributed by atoms with van der Waals surface area (Å²) < 4.78 is 128. The van der Waals surface area contributed by atoms with Crippen LogP contribution >= 0.6 is 23.2 Å². The van der Waals surface area contributed by atoms with Gasteiger partial charge in [-0.15, -0.1) is 0 Å². The molecule has 0 aliphatic rings. The van der Waals surface area contributed by atoms with Gasteiger partial charge in [0.2, 0.25) is 0 Å². The van der Waals surface area contributed by atoms with Gasteiger partial charge in [-0.05, 0) is 48.9 Å². The molecule has 0 spiro atoms. The number of carbonyl (C=O) groups excluding carboxylic acids is 2. The van der Waals surface area contributed by atoms with Crippen LogP contribution in [0, 0.1) is 18.3 Å². The number of nitrogens with zero attached hydrogens (tertiary/aromatic N) is 1. The van der Waals surface area contributed by atoms with Crippen LogP contribution in [0.25, 0.3) is 11.1 Å². The zero-order valence-electron chi connectivity index (χ0n) is 21.9. The fourth-order valence-electron chi connectivity index (χ4n) is 4.24. The van der Waals surface area contributed by atoms with Gasteiger partial charge in [0.1, 0.15) is 0 Å². The number of aryl methyl sites for hydroxylation is 1. The Kier molecular flexibility index (Phi) is 9.16. The number of nitrogens with one attached hydrogen (secondary N) is 1. The minimum Gasteiger partial charge on any atom is -0.494 e. The van der Waals surface area contributed by atoms with E-state index in [1.165, 1.54) is 25.1 Å². The van der Waals surface area contributed by atoms with Gasteiger partial charge in [0.05, 0.1) is 40.0 Å². The predicted octanol–water partition coefficient (Wildman–Crippen LogP) is 8.13. The molecule has 3 aromatic rings. The van der Waals surface area contributed by atoms with E-state index in [0.29, 0.717) is 5.56 Å². The molecule has 0 saturated carbocycles. The van der Waals surface area contributed by atoms with Gasteiger partial charge in [-0.25, -0.2) is 4.39 Å². The van der Waals surface area contributed by atoms with Gasteiger partial charge in [0.15, 0.2) is 5.75 Å². The molecule has 17 heteroatoms. The second kappa shape index (κ2) is 11.7. The molecule has 6 nitrogen and oxygen atoms in total. The van der Waals surface area contributed by atoms with Gasteiger partial charge in [-0.1, -0.05) is 29.3 Å². The van der Waals surface area contributed by atoms with Crippen LogP contribution in [0.2, 0.25) is 10.0 Å². The highest BCUT2D eigenvalue weighted by Gasteiger charge is 2.81. The van der Waals surface area contributed by atoms with Gasteiger partial charge >= 0.3 is 23.9 Å². The summed E-state index contributed by atoms with van der Waals surface area (Å²) in [6, 6.07) is 7.56. The molecular weight excluding hydrogens is 656 g/mol. The first-order valence-electron chi connectivity index (χ1n) is 11.7. The van der Waals surface area contributed by atoms with Gasteiger partial charge in [-0.3, -0.25) is 9.59 Å². The Labute approximate surface area is 252 Å². The topological polar surface area (TPSA) is 105 Å². The van der Waals surface area contributed by atoms with Crippen LogP contribution < -0.4 is 15.8 Å². The molecule has 1 unspecified atom stereocenters. The molecule has 44 heavy (non-hydrogen) atoms. The maximum absolute atomic E-state index is 15.1. The lowest BCUT2D eigenvalue weighted by Gasteiger charge is -2.36. The molecule has 0 aromatic heterocycles. The lowest BCUT2D eigenvalue weighted by molar-refractivity contribution is -0.389. The summed E-state index contributed by atoms with van der Waals surface area (Å²) in [6.45, 7) is 1.47. The molecule has 0 saturated heterocycles. The zero-order chi connectivity index (χ0) is 33.6. The van der Waals surface area contributed by atoms with E-state index < -0.39 is 68.4 Å². The molecule has 3 N–H and O–H groups in total. The Hall–Kier alpha value is -4.16. The molecule has 0 aliphatic carbocycles. The summed E-state index contributed by atoms with van der Waals surface area (Å²) >= 11 is 12.1. The van der Waals surface area contributed by atoms with Crippen molar-refractivity contribution in [3.05, 3.63) is 80.3 Å². The van der Waals surface area contributed by atoms with Gasteiger partial charge in [0, 0.05) is 22.3 Å². The second-order valence-corrected chi connectivity index (χ2v) is 9.89. The molecule has 0 radical (unpaired) electrons. The number of nitriles is 1. The standard InChI is InChI=1S/C27H16Cl2F9N3O3/c1-11-7-12(10-39)3-4-14(11)23(43)41-20-15(5-6-16(22(40)42)21(20)44-2)19-17(28)8-13(9-18(19)29)24(30,26(33,34)35)25(31,32)27(36,37)38/h3-9H,1-2H3,(H2,40,42)(H,41,43). The molecule has 0 fully saturated rings. The van der Waals surface area contributed by atoms with Crippen LogP contribution in [0.15, 0.2) is 42.5 Å². The molecule has 0 bridgehead atoms. The number of amides is 2. The number of primary amides is 1. The first-order valence-corrected chi connectivity index (χ1v) is 12.4. The third kappa shape index (κ3) is 5.71. The highest BCUT2D eigenvalue weighted by atomic mass is 35.5. The third-order valence-electron chi connectivity index (χ3n) is 6.35. The highest BCUT2D eigenvalue weighted by molar-refractivity contribution is 6.39. The maximum Gasteiger partial charge on any atom is 0.457 e. The Morgan fingerprint density at radius 1 is 0.886 bits per heavy atom. The maximum atomic E-state index is 15.1. The molecule has 234 valence electrons. The molecule has 0 aliphatic heterocycles. The molecular formula is C27H16Cl2F9N3O3. The number of benzene rings is 3. The average Bonchev–Trinajstić information content (AvgIpc) is 2.90. The molecule has 3 rings (SSSR count). The van der Waals surface area contributed by atoms with Crippen LogP contribution in [-0.2, 0) is 5.67 Å². The Morgan fingerprint density at radius 2 is 1.43 bits per heavy atom. The summed E-state index contributed by atoms with van der Waals surface area (Å²) in [6.07, 6.45) is -13.8. The van der Waals surface area contributed by atoms with E-state index >= 15 is 4.39 Å². The minimum atomic E-state index is -6.99. The van der Waals surface area contributed by atoms with E-state index in [1.54, 1.807) is 0 Å². The fourth-order valence-corrected chi connectivity index (χ4v) is 4.93.